The van der Waals surface area contributed by atoms with Gasteiger partial charge in [0, 0.05) is 32.7 Å². The fourth-order valence-corrected chi connectivity index (χ4v) is 5.30. The number of pyridine rings is 1. The number of sulfone groups is 1. The highest BCUT2D eigenvalue weighted by Crippen LogP contribution is 2.29. The normalized spacial score (nSPS) is 20.4. The van der Waals surface area contributed by atoms with E-state index in [2.05, 4.69) is 16.8 Å². The van der Waals surface area contributed by atoms with Gasteiger partial charge in [0.1, 0.15) is 4.90 Å². The Morgan fingerprint density at radius 2 is 1.59 bits per heavy atom. The van der Waals surface area contributed by atoms with E-state index in [4.69, 9.17) is 0 Å². The molecule has 1 aromatic heterocycles. The van der Waals surface area contributed by atoms with Crippen molar-refractivity contribution in [3.63, 3.8) is 0 Å². The second kappa shape index (κ2) is 9.18. The molecule has 10 heteroatoms. The average Bonchev–Trinajstić information content (AvgIpc) is 2.70. The van der Waals surface area contributed by atoms with Gasteiger partial charge in [-0.2, -0.15) is 9.37 Å². The van der Waals surface area contributed by atoms with Crippen molar-refractivity contribution in [2.45, 2.75) is 31.6 Å². The van der Waals surface area contributed by atoms with E-state index in [-0.39, 0.29) is 6.54 Å². The smallest absolute Gasteiger partial charge is 0.252 e. The number of piperazine rings is 1. The van der Waals surface area contributed by atoms with Crippen molar-refractivity contribution in [3.8, 4) is 0 Å². The number of hydrogen-bond acceptors (Lipinski definition) is 6. The number of halogens is 3. The Kier molecular flexibility index (Phi) is 7.06. The highest BCUT2D eigenvalue weighted by Gasteiger charge is 2.33. The molecule has 6 nitrogen and oxygen atoms in total. The molecule has 3 rings (SSSR count). The summed E-state index contributed by atoms with van der Waals surface area (Å²) in [6.45, 7) is 8.61. The molecular formula is C19H29F3N4O2S. The summed E-state index contributed by atoms with van der Waals surface area (Å²) in [5, 5.41) is 0. The minimum atomic E-state index is -4.34. The zero-order valence-corrected chi connectivity index (χ0v) is 17.8. The standard InChI is InChI=1S/C19H29F3N4O2S/c1-3-24-8-10-26(11-9-24)19-16(21)17(15(20)18(22)23-19)29(27,28)13-12-25-6-4-14(2)5-7-25/h14H,3-13H2,1-2H3. The van der Waals surface area contributed by atoms with Crippen LogP contribution in [0.4, 0.5) is 19.0 Å². The van der Waals surface area contributed by atoms with E-state index >= 15 is 4.39 Å². The first kappa shape index (κ1) is 22.3. The Bertz CT molecular complexity index is 821. The fraction of sp³-hybridized carbons (Fsp3) is 0.737. The highest BCUT2D eigenvalue weighted by molar-refractivity contribution is 7.91. The van der Waals surface area contributed by atoms with Gasteiger partial charge in [-0.05, 0) is 38.4 Å². The predicted octanol–water partition coefficient (Wildman–Crippen LogP) is 2.15. The van der Waals surface area contributed by atoms with Crippen LogP contribution in [-0.2, 0) is 9.84 Å². The first-order valence-electron chi connectivity index (χ1n) is 10.2. The van der Waals surface area contributed by atoms with Crippen LogP contribution in [0.5, 0.6) is 0 Å². The van der Waals surface area contributed by atoms with Crippen LogP contribution in [0.3, 0.4) is 0 Å². The van der Waals surface area contributed by atoms with Gasteiger partial charge in [0.2, 0.25) is 0 Å². The fourth-order valence-electron chi connectivity index (χ4n) is 3.88. The Labute approximate surface area is 170 Å². The molecule has 0 radical (unpaired) electrons. The van der Waals surface area contributed by atoms with Crippen LogP contribution in [0.1, 0.15) is 26.7 Å². The molecule has 0 unspecified atom stereocenters. The van der Waals surface area contributed by atoms with Gasteiger partial charge < -0.3 is 14.7 Å². The third-order valence-corrected chi connectivity index (χ3v) is 7.66. The summed E-state index contributed by atoms with van der Waals surface area (Å²) < 4.78 is 69.0. The van der Waals surface area contributed by atoms with Crippen LogP contribution in [0.15, 0.2) is 4.90 Å². The number of likely N-dealkylation sites (tertiary alicyclic amines) is 1. The minimum absolute atomic E-state index is 0.169. The van der Waals surface area contributed by atoms with Crippen molar-refractivity contribution in [2.24, 2.45) is 5.92 Å². The molecule has 164 valence electrons. The summed E-state index contributed by atoms with van der Waals surface area (Å²) in [5.41, 5.74) is 0. The van der Waals surface area contributed by atoms with E-state index in [9.17, 15) is 17.2 Å². The van der Waals surface area contributed by atoms with E-state index in [1.807, 2.05) is 11.8 Å². The van der Waals surface area contributed by atoms with Crippen LogP contribution in [0, 0.1) is 23.5 Å². The number of rotatable bonds is 6. The highest BCUT2D eigenvalue weighted by atomic mass is 32.2. The van der Waals surface area contributed by atoms with Crippen molar-refractivity contribution in [1.29, 1.82) is 0 Å². The number of likely N-dealkylation sites (N-methyl/N-ethyl adjacent to an activating group) is 1. The van der Waals surface area contributed by atoms with E-state index in [0.29, 0.717) is 32.1 Å². The maximum atomic E-state index is 15.1. The third kappa shape index (κ3) is 5.03. The van der Waals surface area contributed by atoms with Crippen molar-refractivity contribution < 1.29 is 21.6 Å². The van der Waals surface area contributed by atoms with Gasteiger partial charge >= 0.3 is 0 Å². The van der Waals surface area contributed by atoms with Crippen LogP contribution < -0.4 is 4.90 Å². The molecule has 0 bridgehead atoms. The quantitative estimate of drug-likeness (QED) is 0.640. The number of piperidine rings is 1. The molecule has 2 fully saturated rings. The van der Waals surface area contributed by atoms with Gasteiger partial charge in [-0.1, -0.05) is 13.8 Å². The van der Waals surface area contributed by atoms with Gasteiger partial charge in [-0.3, -0.25) is 0 Å². The van der Waals surface area contributed by atoms with E-state index in [1.54, 1.807) is 0 Å². The number of aromatic nitrogens is 1. The Morgan fingerprint density at radius 1 is 0.966 bits per heavy atom. The molecule has 0 spiro atoms. The molecule has 0 aromatic carbocycles. The molecule has 2 aliphatic heterocycles. The predicted molar refractivity (Wildman–Crippen MR) is 105 cm³/mol. The summed E-state index contributed by atoms with van der Waals surface area (Å²) in [6, 6.07) is 0. The molecule has 0 saturated carbocycles. The first-order chi connectivity index (χ1) is 13.7. The van der Waals surface area contributed by atoms with Crippen molar-refractivity contribution >= 4 is 15.7 Å². The Balaban J connectivity index is 1.81. The van der Waals surface area contributed by atoms with Crippen LogP contribution in [-0.4, -0.2) is 81.3 Å². The molecular weight excluding hydrogens is 405 g/mol. The van der Waals surface area contributed by atoms with E-state index in [1.165, 1.54) is 4.90 Å². The summed E-state index contributed by atoms with van der Waals surface area (Å²) in [4.78, 5) is 7.78. The SMILES string of the molecule is CCN1CCN(c2nc(F)c(F)c(S(=O)(=O)CCN3CCC(C)CC3)c2F)CC1. The number of anilines is 1. The van der Waals surface area contributed by atoms with Crippen molar-refractivity contribution in [3.05, 3.63) is 17.6 Å². The minimum Gasteiger partial charge on any atom is -0.351 e. The topological polar surface area (TPSA) is 56.8 Å². The van der Waals surface area contributed by atoms with Gasteiger partial charge in [-0.25, -0.2) is 17.2 Å². The van der Waals surface area contributed by atoms with Crippen LogP contribution >= 0.6 is 0 Å². The Morgan fingerprint density at radius 3 is 2.17 bits per heavy atom. The van der Waals surface area contributed by atoms with Crippen molar-refractivity contribution in [1.82, 2.24) is 14.8 Å². The van der Waals surface area contributed by atoms with E-state index in [0.717, 1.165) is 32.5 Å². The number of hydrogen-bond donors (Lipinski definition) is 0. The third-order valence-electron chi connectivity index (χ3n) is 5.96. The summed E-state index contributed by atoms with van der Waals surface area (Å²) in [5.74, 6) is -4.90. The largest absolute Gasteiger partial charge is 0.351 e. The summed E-state index contributed by atoms with van der Waals surface area (Å²) >= 11 is 0. The molecule has 1 aromatic rings. The second-order valence-corrected chi connectivity index (χ2v) is 9.99. The van der Waals surface area contributed by atoms with E-state index < -0.39 is 43.9 Å². The number of nitrogens with zero attached hydrogens (tertiary/aromatic N) is 4. The molecule has 29 heavy (non-hydrogen) atoms. The maximum Gasteiger partial charge on any atom is 0.252 e. The molecule has 0 aliphatic carbocycles. The summed E-state index contributed by atoms with van der Waals surface area (Å²) in [6.07, 6.45) is 1.92. The zero-order chi connectivity index (χ0) is 21.2. The molecule has 0 amide bonds. The van der Waals surface area contributed by atoms with Crippen LogP contribution in [0.25, 0.3) is 0 Å². The molecule has 2 saturated heterocycles. The lowest BCUT2D eigenvalue weighted by atomic mass is 9.99. The van der Waals surface area contributed by atoms with Gasteiger partial charge in [-0.15, -0.1) is 0 Å². The lowest BCUT2D eigenvalue weighted by Gasteiger charge is -2.35. The summed E-state index contributed by atoms with van der Waals surface area (Å²) in [7, 11) is -4.34. The monoisotopic (exact) mass is 434 g/mol. The van der Waals surface area contributed by atoms with Gasteiger partial charge in [0.05, 0.1) is 5.75 Å². The van der Waals surface area contributed by atoms with Gasteiger partial charge in [0.25, 0.3) is 5.95 Å². The van der Waals surface area contributed by atoms with Gasteiger partial charge in [0.15, 0.2) is 27.3 Å². The zero-order valence-electron chi connectivity index (χ0n) is 17.0. The molecule has 0 N–H and O–H groups in total. The second-order valence-electron chi connectivity index (χ2n) is 7.95. The molecule has 2 aliphatic rings. The molecule has 3 heterocycles. The lowest BCUT2D eigenvalue weighted by molar-refractivity contribution is 0.202. The maximum absolute atomic E-state index is 15.1. The molecule has 0 atom stereocenters. The lowest BCUT2D eigenvalue weighted by Crippen LogP contribution is -2.47. The van der Waals surface area contributed by atoms with Crippen molar-refractivity contribution in [2.75, 3.05) is 63.0 Å². The average molecular weight is 435 g/mol. The Hall–Kier alpha value is -1.39. The van der Waals surface area contributed by atoms with Crippen LogP contribution in [0.2, 0.25) is 0 Å². The first-order valence-corrected chi connectivity index (χ1v) is 11.8.